The molecule has 47 heavy (non-hydrogen) atoms. The third-order valence-electron chi connectivity index (χ3n) is 9.41. The van der Waals surface area contributed by atoms with Crippen LogP contribution in [0.25, 0.3) is 0 Å². The number of amides is 1. The largest absolute Gasteiger partial charge is 0.378 e. The maximum Gasteiger partial charge on any atom is 0.209 e. The molecule has 3 saturated heterocycles. The molecule has 0 saturated carbocycles. The van der Waals surface area contributed by atoms with Gasteiger partial charge in [-0.1, -0.05) is 38.1 Å². The molecule has 1 aliphatic carbocycles. The third kappa shape index (κ3) is 10.6. The van der Waals surface area contributed by atoms with Crippen molar-refractivity contribution in [3.8, 4) is 0 Å². The third-order valence-corrected chi connectivity index (χ3v) is 9.70. The molecule has 2 atom stereocenters. The highest BCUT2D eigenvalue weighted by Gasteiger charge is 2.48. The van der Waals surface area contributed by atoms with E-state index in [1.165, 1.54) is 6.08 Å². The van der Waals surface area contributed by atoms with Crippen molar-refractivity contribution in [1.29, 1.82) is 0 Å². The predicted molar refractivity (Wildman–Crippen MR) is 186 cm³/mol. The van der Waals surface area contributed by atoms with Gasteiger partial charge in [0.05, 0.1) is 18.2 Å². The Bertz CT molecular complexity index is 1350. The van der Waals surface area contributed by atoms with Gasteiger partial charge in [-0.2, -0.15) is 5.10 Å². The summed E-state index contributed by atoms with van der Waals surface area (Å²) in [7, 11) is 1.91. The minimum absolute atomic E-state index is 0.0787. The summed E-state index contributed by atoms with van der Waals surface area (Å²) < 4.78 is 35.1. The summed E-state index contributed by atoms with van der Waals surface area (Å²) in [5.41, 5.74) is 2.56. The number of carbonyl (C=O) groups excluding carboxylic acids is 1. The molecule has 2 unspecified atom stereocenters. The first-order valence-electron chi connectivity index (χ1n) is 16.7. The molecule has 11 heteroatoms. The van der Waals surface area contributed by atoms with E-state index in [0.717, 1.165) is 86.5 Å². The molecule has 3 fully saturated rings. The van der Waals surface area contributed by atoms with Crippen molar-refractivity contribution < 1.29 is 18.3 Å². The van der Waals surface area contributed by atoms with Crippen molar-refractivity contribution >= 4 is 18.0 Å². The standard InChI is InChI=1S/C16H23F2N.C14H21ClN2O2.C6H11N3/c1-16(2,3)19-9-5-6-12(11-19)14-8-4-7-13(17)10-15(14)18;1-10-8-19-14(4-6-17(9-18)7-5-14)13(10)16-12(3)11(2)15;1-5(2)6-7-4-8-9(6)3/h7-8,10,12H,4-6,9,11H2,1-3H3;9,13,16H,1,4-8H2,2-3H3;4-5H,1-3H3/b;12-11+;. The average molecular weight is 677 g/mol. The number of halogens is 3. The van der Waals surface area contributed by atoms with Crippen LogP contribution >= 0.6 is 11.6 Å². The highest BCUT2D eigenvalue weighted by molar-refractivity contribution is 6.29. The molecule has 8 nitrogen and oxygen atoms in total. The highest BCUT2D eigenvalue weighted by atomic mass is 35.5. The van der Waals surface area contributed by atoms with E-state index in [2.05, 4.69) is 61.5 Å². The summed E-state index contributed by atoms with van der Waals surface area (Å²) in [6.45, 7) is 22.6. The molecular weight excluding hydrogens is 622 g/mol. The Morgan fingerprint density at radius 2 is 1.87 bits per heavy atom. The Kier molecular flexibility index (Phi) is 14.0. The molecule has 4 aliphatic rings. The summed E-state index contributed by atoms with van der Waals surface area (Å²) in [5, 5.41) is 8.13. The zero-order valence-electron chi connectivity index (χ0n) is 29.6. The van der Waals surface area contributed by atoms with Crippen molar-refractivity contribution in [3.63, 3.8) is 0 Å². The van der Waals surface area contributed by atoms with Gasteiger partial charge in [0.25, 0.3) is 0 Å². The van der Waals surface area contributed by atoms with Gasteiger partial charge in [-0.05, 0) is 96.4 Å². The number of hydrogen-bond acceptors (Lipinski definition) is 6. The van der Waals surface area contributed by atoms with Crippen molar-refractivity contribution in [2.45, 2.75) is 104 Å². The molecule has 5 rings (SSSR count). The van der Waals surface area contributed by atoms with E-state index in [4.69, 9.17) is 16.3 Å². The SMILES string of the molecule is C=C1COC2(CCN(C=O)CC2)C1N/C(C)=C(\C)Cl.CC(C)(C)N1CCCC(C2=CCC=C(F)C=C2F)C1.CC(C)c1ncnn1C. The maximum absolute atomic E-state index is 14.1. The van der Waals surface area contributed by atoms with Gasteiger partial charge in [-0.25, -0.2) is 13.8 Å². The maximum atomic E-state index is 14.1. The summed E-state index contributed by atoms with van der Waals surface area (Å²) in [6, 6.07) is 0.0787. The van der Waals surface area contributed by atoms with Crippen LogP contribution in [0.1, 0.15) is 92.3 Å². The number of rotatable bonds is 5. The second-order valence-corrected chi connectivity index (χ2v) is 14.8. The lowest BCUT2D eigenvalue weighted by Crippen LogP contribution is -2.54. The smallest absolute Gasteiger partial charge is 0.209 e. The first kappa shape index (κ1) is 38.6. The van der Waals surface area contributed by atoms with Crippen LogP contribution in [0.2, 0.25) is 0 Å². The highest BCUT2D eigenvalue weighted by Crippen LogP contribution is 2.39. The minimum Gasteiger partial charge on any atom is -0.378 e. The van der Waals surface area contributed by atoms with Crippen LogP contribution in [-0.2, 0) is 16.6 Å². The van der Waals surface area contributed by atoms with Gasteiger partial charge in [-0.15, -0.1) is 0 Å². The zero-order valence-corrected chi connectivity index (χ0v) is 30.3. The van der Waals surface area contributed by atoms with Crippen LogP contribution < -0.4 is 5.32 Å². The number of likely N-dealkylation sites (tertiary alicyclic amines) is 2. The summed E-state index contributed by atoms with van der Waals surface area (Å²) >= 11 is 6.02. The fraction of sp³-hybridized carbons (Fsp3) is 0.639. The average Bonchev–Trinajstić information content (AvgIpc) is 3.53. The summed E-state index contributed by atoms with van der Waals surface area (Å²) in [6.07, 6.45) is 11.0. The number of aryl methyl sites for hydroxylation is 1. The molecule has 1 aromatic rings. The molecule has 4 heterocycles. The number of allylic oxidation sites excluding steroid dienone is 7. The topological polar surface area (TPSA) is 75.5 Å². The van der Waals surface area contributed by atoms with Crippen molar-refractivity contribution in [2.24, 2.45) is 13.0 Å². The normalized spacial score (nSPS) is 23.8. The van der Waals surface area contributed by atoms with Crippen molar-refractivity contribution in [1.82, 2.24) is 29.9 Å². The summed E-state index contributed by atoms with van der Waals surface area (Å²) in [4.78, 5) is 19.1. The quantitative estimate of drug-likeness (QED) is 0.258. The van der Waals surface area contributed by atoms with E-state index in [1.54, 1.807) is 15.9 Å². The van der Waals surface area contributed by atoms with Crippen LogP contribution in [0.5, 0.6) is 0 Å². The Hall–Kier alpha value is -2.82. The lowest BCUT2D eigenvalue weighted by Gasteiger charge is -2.42. The Balaban J connectivity index is 0.000000204. The van der Waals surface area contributed by atoms with Crippen LogP contribution in [0.3, 0.4) is 0 Å². The fourth-order valence-electron chi connectivity index (χ4n) is 6.45. The van der Waals surface area contributed by atoms with E-state index < -0.39 is 11.7 Å². The van der Waals surface area contributed by atoms with Crippen molar-refractivity contribution in [2.75, 3.05) is 32.8 Å². The van der Waals surface area contributed by atoms with Gasteiger partial charge in [-0.3, -0.25) is 14.4 Å². The first-order chi connectivity index (χ1) is 22.1. The molecule has 1 aromatic heterocycles. The van der Waals surface area contributed by atoms with E-state index in [1.807, 2.05) is 27.0 Å². The lowest BCUT2D eigenvalue weighted by molar-refractivity contribution is -0.123. The molecule has 262 valence electrons. The second-order valence-electron chi connectivity index (χ2n) is 14.2. The Labute approximate surface area is 285 Å². The molecule has 1 amide bonds. The van der Waals surface area contributed by atoms with Crippen LogP contribution in [0, 0.1) is 5.92 Å². The number of nitrogens with zero attached hydrogens (tertiary/aromatic N) is 5. The van der Waals surface area contributed by atoms with Crippen LogP contribution in [0.4, 0.5) is 8.78 Å². The first-order valence-corrected chi connectivity index (χ1v) is 17.1. The van der Waals surface area contributed by atoms with E-state index >= 15 is 0 Å². The van der Waals surface area contributed by atoms with Gasteiger partial charge in [0, 0.05) is 54.9 Å². The Morgan fingerprint density at radius 3 is 2.40 bits per heavy atom. The molecule has 1 spiro atoms. The van der Waals surface area contributed by atoms with Crippen LogP contribution in [-0.4, -0.2) is 80.9 Å². The van der Waals surface area contributed by atoms with Gasteiger partial charge in [0.2, 0.25) is 6.41 Å². The van der Waals surface area contributed by atoms with Gasteiger partial charge >= 0.3 is 0 Å². The molecule has 0 aromatic carbocycles. The number of ether oxygens (including phenoxy) is 1. The molecule has 0 bridgehead atoms. The number of nitrogens with one attached hydrogen (secondary N) is 1. The number of piperidine rings is 2. The lowest BCUT2D eigenvalue weighted by atomic mass is 9.83. The molecule has 1 N–H and O–H groups in total. The van der Waals surface area contributed by atoms with E-state index in [0.29, 0.717) is 24.5 Å². The predicted octanol–water partition coefficient (Wildman–Crippen LogP) is 7.48. The summed E-state index contributed by atoms with van der Waals surface area (Å²) in [5.74, 6) is 0.829. The monoisotopic (exact) mass is 676 g/mol. The minimum atomic E-state index is -0.466. The van der Waals surface area contributed by atoms with Gasteiger partial charge in [0.15, 0.2) is 0 Å². The molecular formula is C36H55ClF2N6O2. The van der Waals surface area contributed by atoms with Crippen molar-refractivity contribution in [3.05, 3.63) is 70.5 Å². The van der Waals surface area contributed by atoms with Gasteiger partial charge < -0.3 is 15.0 Å². The Morgan fingerprint density at radius 1 is 1.19 bits per heavy atom. The molecule has 3 aliphatic heterocycles. The van der Waals surface area contributed by atoms with E-state index in [-0.39, 0.29) is 23.1 Å². The van der Waals surface area contributed by atoms with Crippen LogP contribution in [0.15, 0.2) is 64.7 Å². The zero-order chi connectivity index (χ0) is 34.9. The molecule has 0 radical (unpaired) electrons. The second kappa shape index (κ2) is 17.0. The number of aromatic nitrogens is 3. The number of hydrogen-bond donors (Lipinski definition) is 1. The number of carbonyl (C=O) groups is 1. The fourth-order valence-corrected chi connectivity index (χ4v) is 6.51. The van der Waals surface area contributed by atoms with E-state index in [9.17, 15) is 13.6 Å². The van der Waals surface area contributed by atoms with Gasteiger partial charge in [0.1, 0.15) is 23.8 Å².